The van der Waals surface area contributed by atoms with E-state index in [1.165, 1.54) is 12.5 Å². The Balaban J connectivity index is 1.75. The Morgan fingerprint density at radius 2 is 1.89 bits per heavy atom. The fourth-order valence-electron chi connectivity index (χ4n) is 3.14. The third-order valence-corrected chi connectivity index (χ3v) is 4.60. The van der Waals surface area contributed by atoms with Crippen LogP contribution in [-0.2, 0) is 16.0 Å². The zero-order chi connectivity index (χ0) is 19.0. The average Bonchev–Trinajstić information content (AvgIpc) is 3.23. The van der Waals surface area contributed by atoms with Gasteiger partial charge in [-0.2, -0.15) is 0 Å². The molecule has 0 fully saturated rings. The summed E-state index contributed by atoms with van der Waals surface area (Å²) in [6.45, 7) is 3.59. The number of carbonyl (C=O) groups is 2. The zero-order valence-corrected chi connectivity index (χ0v) is 15.1. The lowest BCUT2D eigenvalue weighted by molar-refractivity contribution is -0.129. The summed E-state index contributed by atoms with van der Waals surface area (Å²) >= 11 is 0. The number of hydrogen-bond donors (Lipinski definition) is 0. The number of carbonyl (C=O) groups excluding carboxylic acids is 2. The maximum absolute atomic E-state index is 12.3. The van der Waals surface area contributed by atoms with Crippen molar-refractivity contribution >= 4 is 34.8 Å². The summed E-state index contributed by atoms with van der Waals surface area (Å²) in [6, 6.07) is 15.3. The molecule has 1 aromatic heterocycles. The lowest BCUT2D eigenvalue weighted by Gasteiger charge is -2.00. The molecule has 3 aromatic rings. The lowest BCUT2D eigenvalue weighted by atomic mass is 10.1. The predicted octanol–water partition coefficient (Wildman–Crippen LogP) is 4.21. The van der Waals surface area contributed by atoms with Crippen molar-refractivity contribution in [1.82, 2.24) is 4.57 Å². The smallest absolute Gasteiger partial charge is 0.363 e. The van der Waals surface area contributed by atoms with E-state index in [1.807, 2.05) is 48.5 Å². The minimum Gasteiger partial charge on any atom is -0.402 e. The van der Waals surface area contributed by atoms with E-state index in [0.29, 0.717) is 5.90 Å². The third-order valence-electron chi connectivity index (χ3n) is 4.60. The number of hydrogen-bond acceptors (Lipinski definition) is 4. The number of esters is 1. The van der Waals surface area contributed by atoms with Crippen molar-refractivity contribution in [3.63, 3.8) is 0 Å². The number of cyclic esters (lactones) is 1. The number of aromatic nitrogens is 1. The molecule has 27 heavy (non-hydrogen) atoms. The van der Waals surface area contributed by atoms with E-state index in [9.17, 15) is 9.59 Å². The summed E-state index contributed by atoms with van der Waals surface area (Å²) in [6.07, 6.45) is 4.33. The summed E-state index contributed by atoms with van der Waals surface area (Å²) in [5.74, 6) is -0.293. The normalized spacial score (nSPS) is 15.3. The maximum Gasteiger partial charge on any atom is 0.363 e. The third kappa shape index (κ3) is 3.08. The first-order valence-corrected chi connectivity index (χ1v) is 8.79. The molecule has 0 amide bonds. The highest BCUT2D eigenvalue weighted by atomic mass is 16.6. The second-order valence-corrected chi connectivity index (χ2v) is 6.38. The summed E-state index contributed by atoms with van der Waals surface area (Å²) in [5, 5.41) is 0.879. The van der Waals surface area contributed by atoms with Crippen molar-refractivity contribution < 1.29 is 14.3 Å². The Morgan fingerprint density at radius 1 is 1.15 bits per heavy atom. The first-order chi connectivity index (χ1) is 13.1. The van der Waals surface area contributed by atoms with Crippen LogP contribution in [0.4, 0.5) is 0 Å². The molecule has 0 radical (unpaired) electrons. The van der Waals surface area contributed by atoms with Gasteiger partial charge in [-0.25, -0.2) is 9.79 Å². The topological polar surface area (TPSA) is 60.7 Å². The minimum absolute atomic E-state index is 0.0925. The van der Waals surface area contributed by atoms with E-state index < -0.39 is 5.97 Å². The van der Waals surface area contributed by atoms with Crippen molar-refractivity contribution in [3.05, 3.63) is 77.1 Å². The Bertz CT molecular complexity index is 1120. The summed E-state index contributed by atoms with van der Waals surface area (Å²) in [7, 11) is 0. The van der Waals surface area contributed by atoms with Gasteiger partial charge in [0, 0.05) is 29.6 Å². The van der Waals surface area contributed by atoms with Gasteiger partial charge in [-0.05, 0) is 36.3 Å². The van der Waals surface area contributed by atoms with E-state index in [-0.39, 0.29) is 11.6 Å². The fraction of sp³-hybridized carbons (Fsp3) is 0.136. The molecule has 0 aliphatic carbocycles. The molecule has 5 heteroatoms. The Kier molecular flexibility index (Phi) is 4.20. The Hall–Kier alpha value is -3.47. The van der Waals surface area contributed by atoms with Gasteiger partial charge in [-0.15, -0.1) is 0 Å². The second kappa shape index (κ2) is 6.68. The number of benzene rings is 2. The molecule has 1 aliphatic heterocycles. The van der Waals surface area contributed by atoms with Crippen LogP contribution < -0.4 is 0 Å². The van der Waals surface area contributed by atoms with Crippen molar-refractivity contribution in [3.8, 4) is 0 Å². The molecule has 2 aromatic carbocycles. The highest BCUT2D eigenvalue weighted by molar-refractivity contribution is 6.13. The molecule has 0 atom stereocenters. The van der Waals surface area contributed by atoms with Crippen LogP contribution in [0.5, 0.6) is 0 Å². The monoisotopic (exact) mass is 358 g/mol. The molecule has 0 N–H and O–H groups in total. The molecule has 134 valence electrons. The molecule has 0 saturated carbocycles. The lowest BCUT2D eigenvalue weighted by Crippen LogP contribution is -2.05. The van der Waals surface area contributed by atoms with Crippen LogP contribution in [-0.4, -0.2) is 22.3 Å². The molecule has 0 saturated heterocycles. The van der Waals surface area contributed by atoms with Crippen molar-refractivity contribution in [2.45, 2.75) is 20.3 Å². The maximum atomic E-state index is 12.3. The number of para-hydroxylation sites is 1. The van der Waals surface area contributed by atoms with E-state index in [2.05, 4.69) is 11.9 Å². The van der Waals surface area contributed by atoms with E-state index in [1.54, 1.807) is 16.8 Å². The van der Waals surface area contributed by atoms with Gasteiger partial charge in [0.25, 0.3) is 0 Å². The van der Waals surface area contributed by atoms with Crippen molar-refractivity contribution in [2.75, 3.05) is 0 Å². The Morgan fingerprint density at radius 3 is 2.59 bits per heavy atom. The van der Waals surface area contributed by atoms with Gasteiger partial charge in [0.1, 0.15) is 0 Å². The number of ether oxygens (including phenoxy) is 1. The molecule has 2 heterocycles. The second-order valence-electron chi connectivity index (χ2n) is 6.38. The molecule has 4 rings (SSSR count). The predicted molar refractivity (Wildman–Crippen MR) is 105 cm³/mol. The number of fused-ring (bicyclic) bond motifs is 1. The van der Waals surface area contributed by atoms with E-state index >= 15 is 0 Å². The van der Waals surface area contributed by atoms with Gasteiger partial charge >= 0.3 is 5.97 Å². The van der Waals surface area contributed by atoms with Crippen LogP contribution in [0, 0.1) is 0 Å². The SMILES string of the molecule is CCc1ccc(C2=N/C(=C/c3cn(C(C)=O)c4ccccc34)C(=O)O2)cc1. The Labute approximate surface area is 156 Å². The number of aliphatic imine (C=N–C) groups is 1. The quantitative estimate of drug-likeness (QED) is 0.520. The van der Waals surface area contributed by atoms with Gasteiger partial charge in [-0.1, -0.05) is 37.3 Å². The van der Waals surface area contributed by atoms with Gasteiger partial charge in [0.2, 0.25) is 11.8 Å². The van der Waals surface area contributed by atoms with Crippen molar-refractivity contribution in [2.24, 2.45) is 4.99 Å². The first-order valence-electron chi connectivity index (χ1n) is 8.79. The van der Waals surface area contributed by atoms with Crippen LogP contribution in [0.25, 0.3) is 17.0 Å². The molecule has 0 unspecified atom stereocenters. The minimum atomic E-state index is -0.496. The van der Waals surface area contributed by atoms with Crippen LogP contribution in [0.1, 0.15) is 35.3 Å². The molecular formula is C22H18N2O3. The largest absolute Gasteiger partial charge is 0.402 e. The van der Waals surface area contributed by atoms with Crippen molar-refractivity contribution in [1.29, 1.82) is 0 Å². The molecule has 0 spiro atoms. The fourth-order valence-corrected chi connectivity index (χ4v) is 3.14. The molecule has 5 nitrogen and oxygen atoms in total. The van der Waals surface area contributed by atoms with Gasteiger partial charge < -0.3 is 4.74 Å². The average molecular weight is 358 g/mol. The van der Waals surface area contributed by atoms with Crippen LogP contribution >= 0.6 is 0 Å². The first kappa shape index (κ1) is 17.0. The summed E-state index contributed by atoms with van der Waals surface area (Å²) in [5.41, 5.74) is 3.73. The van der Waals surface area contributed by atoms with Gasteiger partial charge in [0.05, 0.1) is 5.52 Å². The molecule has 1 aliphatic rings. The molecular weight excluding hydrogens is 340 g/mol. The standard InChI is InChI=1S/C22H18N2O3/c1-3-15-8-10-16(11-9-15)21-23-19(22(26)27-21)12-17-13-24(14(2)25)20-7-5-4-6-18(17)20/h4-13H,3H2,1-2H3/b19-12+. The zero-order valence-electron chi connectivity index (χ0n) is 15.1. The van der Waals surface area contributed by atoms with E-state index in [4.69, 9.17) is 4.74 Å². The number of aryl methyl sites for hydroxylation is 1. The summed E-state index contributed by atoms with van der Waals surface area (Å²) < 4.78 is 6.91. The molecule has 0 bridgehead atoms. The summed E-state index contributed by atoms with van der Waals surface area (Å²) in [4.78, 5) is 28.5. The van der Waals surface area contributed by atoms with Gasteiger partial charge in [0.15, 0.2) is 5.70 Å². The van der Waals surface area contributed by atoms with Gasteiger partial charge in [-0.3, -0.25) is 9.36 Å². The van der Waals surface area contributed by atoms with Crippen LogP contribution in [0.15, 0.2) is 65.4 Å². The van der Waals surface area contributed by atoms with E-state index in [0.717, 1.165) is 28.5 Å². The number of rotatable bonds is 3. The highest BCUT2D eigenvalue weighted by Gasteiger charge is 2.24. The van der Waals surface area contributed by atoms with Crippen LogP contribution in [0.3, 0.4) is 0 Å². The van der Waals surface area contributed by atoms with Crippen LogP contribution in [0.2, 0.25) is 0 Å². The highest BCUT2D eigenvalue weighted by Crippen LogP contribution is 2.26. The number of nitrogens with zero attached hydrogens (tertiary/aromatic N) is 2.